The first-order valence-corrected chi connectivity index (χ1v) is 9.25. The van der Waals surface area contributed by atoms with Crippen molar-refractivity contribution in [2.75, 3.05) is 37.7 Å². The van der Waals surface area contributed by atoms with Crippen LogP contribution >= 0.6 is 0 Å². The maximum absolute atomic E-state index is 12.0. The molecule has 0 aliphatic carbocycles. The maximum Gasteiger partial charge on any atom is 0.228 e. The molecule has 2 heterocycles. The molecule has 0 radical (unpaired) electrons. The third-order valence-corrected chi connectivity index (χ3v) is 5.56. The predicted octanol–water partition coefficient (Wildman–Crippen LogP) is -0.0874. The normalized spacial score (nSPS) is 23.4. The minimum Gasteiger partial charge on any atom is -0.379 e. The number of morpholine rings is 1. The molecule has 2 saturated heterocycles. The van der Waals surface area contributed by atoms with Crippen molar-refractivity contribution >= 4 is 21.6 Å². The first-order chi connectivity index (χ1) is 10.9. The van der Waals surface area contributed by atoms with Crippen LogP contribution in [0.15, 0.2) is 24.3 Å². The van der Waals surface area contributed by atoms with E-state index in [1.165, 1.54) is 4.90 Å². The summed E-state index contributed by atoms with van der Waals surface area (Å²) < 4.78 is 28.2. The predicted molar refractivity (Wildman–Crippen MR) is 86.4 cm³/mol. The number of amides is 1. The van der Waals surface area contributed by atoms with Gasteiger partial charge in [-0.1, -0.05) is 12.1 Å². The Kier molecular flexibility index (Phi) is 4.67. The zero-order valence-electron chi connectivity index (χ0n) is 12.8. The third-order valence-electron chi connectivity index (χ3n) is 4.31. The number of nitrogens with zero attached hydrogens (tertiary/aromatic N) is 2. The van der Waals surface area contributed by atoms with E-state index in [2.05, 4.69) is 4.90 Å². The van der Waals surface area contributed by atoms with Gasteiger partial charge < -0.3 is 9.64 Å². The number of hydrogen-bond acceptors (Lipinski definition) is 5. The highest BCUT2D eigenvalue weighted by Gasteiger charge is 2.37. The highest BCUT2D eigenvalue weighted by atomic mass is 32.2. The van der Waals surface area contributed by atoms with Crippen LogP contribution in [0.5, 0.6) is 0 Å². The second kappa shape index (κ2) is 6.56. The zero-order chi connectivity index (χ0) is 16.4. The van der Waals surface area contributed by atoms with Crippen LogP contribution in [0.1, 0.15) is 12.0 Å². The fraction of sp³-hybridized carbons (Fsp3) is 0.533. The summed E-state index contributed by atoms with van der Waals surface area (Å²) in [6, 6.07) is 7.67. The van der Waals surface area contributed by atoms with Crippen LogP contribution in [-0.4, -0.2) is 57.3 Å². The molecule has 7 nitrogen and oxygen atoms in total. The summed E-state index contributed by atoms with van der Waals surface area (Å²) in [5, 5.41) is 4.33. The fourth-order valence-corrected chi connectivity index (χ4v) is 3.67. The van der Waals surface area contributed by atoms with E-state index < -0.39 is 15.3 Å². The lowest BCUT2D eigenvalue weighted by Crippen LogP contribution is -2.35. The van der Waals surface area contributed by atoms with Crippen molar-refractivity contribution in [2.24, 2.45) is 5.14 Å². The Morgan fingerprint density at radius 3 is 2.39 bits per heavy atom. The Hall–Kier alpha value is -1.48. The molecule has 3 rings (SSSR count). The first-order valence-electron chi connectivity index (χ1n) is 7.64. The number of sulfonamides is 1. The monoisotopic (exact) mass is 339 g/mol. The molecule has 1 amide bonds. The lowest BCUT2D eigenvalue weighted by atomic mass is 10.2. The van der Waals surface area contributed by atoms with Crippen LogP contribution in [0.3, 0.4) is 0 Å². The molecule has 0 bridgehead atoms. The van der Waals surface area contributed by atoms with Crippen molar-refractivity contribution < 1.29 is 17.9 Å². The van der Waals surface area contributed by atoms with Gasteiger partial charge in [0.1, 0.15) is 5.25 Å². The Morgan fingerprint density at radius 2 is 1.83 bits per heavy atom. The van der Waals surface area contributed by atoms with E-state index >= 15 is 0 Å². The molecular weight excluding hydrogens is 318 g/mol. The fourth-order valence-electron chi connectivity index (χ4n) is 2.94. The van der Waals surface area contributed by atoms with Gasteiger partial charge in [-0.3, -0.25) is 9.69 Å². The van der Waals surface area contributed by atoms with Crippen LogP contribution in [0.2, 0.25) is 0 Å². The van der Waals surface area contributed by atoms with E-state index in [1.807, 2.05) is 24.3 Å². The molecule has 0 aromatic heterocycles. The number of nitrogens with two attached hydrogens (primary N) is 1. The summed E-state index contributed by atoms with van der Waals surface area (Å²) in [6.07, 6.45) is -0.0473. The highest BCUT2D eigenvalue weighted by molar-refractivity contribution is 7.89. The van der Waals surface area contributed by atoms with E-state index in [-0.39, 0.29) is 18.9 Å². The third kappa shape index (κ3) is 3.89. The summed E-state index contributed by atoms with van der Waals surface area (Å²) >= 11 is 0. The average Bonchev–Trinajstić information content (AvgIpc) is 2.91. The Labute approximate surface area is 136 Å². The number of hydrogen-bond donors (Lipinski definition) is 1. The molecule has 2 fully saturated rings. The molecule has 2 aliphatic heterocycles. The minimum atomic E-state index is -3.68. The van der Waals surface area contributed by atoms with Crippen molar-refractivity contribution in [1.82, 2.24) is 4.90 Å². The number of benzene rings is 1. The number of ether oxygens (including phenoxy) is 1. The second-order valence-electron chi connectivity index (χ2n) is 5.97. The van der Waals surface area contributed by atoms with Gasteiger partial charge in [-0.05, 0) is 17.7 Å². The van der Waals surface area contributed by atoms with Gasteiger partial charge >= 0.3 is 0 Å². The van der Waals surface area contributed by atoms with Crippen LogP contribution in [0, 0.1) is 0 Å². The standard InChI is InChI=1S/C15H21N3O4S/c16-23(20,21)14-9-15(19)18(11-14)13-3-1-12(2-4-13)10-17-5-7-22-8-6-17/h1-4,14H,5-11H2,(H2,16,20,21). The molecule has 1 aromatic rings. The second-order valence-corrected chi connectivity index (χ2v) is 7.82. The summed E-state index contributed by atoms with van der Waals surface area (Å²) in [5.74, 6) is -0.204. The molecular formula is C15H21N3O4S. The average molecular weight is 339 g/mol. The van der Waals surface area contributed by atoms with E-state index in [4.69, 9.17) is 9.88 Å². The topological polar surface area (TPSA) is 92.9 Å². The minimum absolute atomic E-state index is 0.0473. The van der Waals surface area contributed by atoms with Crippen molar-refractivity contribution in [1.29, 1.82) is 0 Å². The van der Waals surface area contributed by atoms with Gasteiger partial charge in [-0.2, -0.15) is 0 Å². The summed E-state index contributed by atoms with van der Waals surface area (Å²) in [4.78, 5) is 15.8. The van der Waals surface area contributed by atoms with Gasteiger partial charge in [-0.25, -0.2) is 13.6 Å². The lowest BCUT2D eigenvalue weighted by molar-refractivity contribution is -0.117. The number of carbonyl (C=O) groups is 1. The molecule has 8 heteroatoms. The van der Waals surface area contributed by atoms with Gasteiger partial charge in [0.05, 0.1) is 13.2 Å². The SMILES string of the molecule is NS(=O)(=O)C1CC(=O)N(c2ccc(CN3CCOCC3)cc2)C1. The van der Waals surface area contributed by atoms with Crippen LogP contribution in [0.4, 0.5) is 5.69 Å². The van der Waals surface area contributed by atoms with Crippen LogP contribution in [0.25, 0.3) is 0 Å². The van der Waals surface area contributed by atoms with Gasteiger partial charge in [0, 0.05) is 38.3 Å². The quantitative estimate of drug-likeness (QED) is 0.828. The summed E-state index contributed by atoms with van der Waals surface area (Å²) in [6.45, 7) is 4.33. The number of anilines is 1. The zero-order valence-corrected chi connectivity index (χ0v) is 13.7. The number of primary sulfonamides is 1. The number of carbonyl (C=O) groups excluding carboxylic acids is 1. The van der Waals surface area contributed by atoms with E-state index in [0.29, 0.717) is 5.69 Å². The van der Waals surface area contributed by atoms with E-state index in [1.54, 1.807) is 0 Å². The van der Waals surface area contributed by atoms with Crippen molar-refractivity contribution in [3.63, 3.8) is 0 Å². The van der Waals surface area contributed by atoms with Gasteiger partial charge in [0.25, 0.3) is 0 Å². The summed E-state index contributed by atoms with van der Waals surface area (Å²) in [5.41, 5.74) is 1.87. The molecule has 126 valence electrons. The number of rotatable bonds is 4. The molecule has 1 unspecified atom stereocenters. The molecule has 1 aromatic carbocycles. The maximum atomic E-state index is 12.0. The lowest BCUT2D eigenvalue weighted by Gasteiger charge is -2.26. The van der Waals surface area contributed by atoms with E-state index in [9.17, 15) is 13.2 Å². The Bertz CT molecular complexity index is 668. The van der Waals surface area contributed by atoms with Gasteiger partial charge in [0.2, 0.25) is 15.9 Å². The first kappa shape index (κ1) is 16.4. The molecule has 2 N–H and O–H groups in total. The molecule has 2 aliphatic rings. The molecule has 1 atom stereocenters. The molecule has 0 spiro atoms. The Balaban J connectivity index is 1.66. The summed E-state index contributed by atoms with van der Waals surface area (Å²) in [7, 11) is -3.68. The van der Waals surface area contributed by atoms with Crippen LogP contribution < -0.4 is 10.0 Å². The van der Waals surface area contributed by atoms with Crippen molar-refractivity contribution in [3.8, 4) is 0 Å². The van der Waals surface area contributed by atoms with Crippen LogP contribution in [-0.2, 0) is 26.1 Å². The molecule has 23 heavy (non-hydrogen) atoms. The van der Waals surface area contributed by atoms with Crippen molar-refractivity contribution in [3.05, 3.63) is 29.8 Å². The van der Waals surface area contributed by atoms with E-state index in [0.717, 1.165) is 38.4 Å². The Morgan fingerprint density at radius 1 is 1.17 bits per heavy atom. The van der Waals surface area contributed by atoms with Crippen molar-refractivity contribution in [2.45, 2.75) is 18.2 Å². The highest BCUT2D eigenvalue weighted by Crippen LogP contribution is 2.24. The smallest absolute Gasteiger partial charge is 0.228 e. The van der Waals surface area contributed by atoms with Gasteiger partial charge in [-0.15, -0.1) is 0 Å². The molecule has 0 saturated carbocycles. The van der Waals surface area contributed by atoms with Gasteiger partial charge in [0.15, 0.2) is 0 Å². The largest absolute Gasteiger partial charge is 0.379 e.